The van der Waals surface area contributed by atoms with Crippen molar-refractivity contribution in [3.8, 4) is 5.75 Å². The Labute approximate surface area is 173 Å². The van der Waals surface area contributed by atoms with E-state index in [1.807, 2.05) is 0 Å². The second-order valence-corrected chi connectivity index (χ2v) is 8.39. The molecule has 0 saturated heterocycles. The quantitative estimate of drug-likeness (QED) is 0.811. The van der Waals surface area contributed by atoms with E-state index in [0.29, 0.717) is 30.2 Å². The van der Waals surface area contributed by atoms with E-state index in [2.05, 4.69) is 24.5 Å². The maximum atomic E-state index is 13.2. The van der Waals surface area contributed by atoms with Crippen molar-refractivity contribution in [3.63, 3.8) is 0 Å². The molecule has 0 aromatic heterocycles. The Balaban J connectivity index is 1.85. The number of nitrogens with zero attached hydrogens (tertiary/aromatic N) is 1. The van der Waals surface area contributed by atoms with Crippen LogP contribution >= 0.6 is 0 Å². The van der Waals surface area contributed by atoms with E-state index < -0.39 is 0 Å². The average molecular weight is 404 g/mol. The van der Waals surface area contributed by atoms with Crippen molar-refractivity contribution in [2.24, 2.45) is 11.8 Å². The Morgan fingerprint density at radius 2 is 2.07 bits per heavy atom. The van der Waals surface area contributed by atoms with Crippen molar-refractivity contribution < 1.29 is 19.1 Å². The summed E-state index contributed by atoms with van der Waals surface area (Å²) in [5, 5.41) is 6.42. The van der Waals surface area contributed by atoms with Crippen LogP contribution in [0.3, 0.4) is 0 Å². The highest BCUT2D eigenvalue weighted by molar-refractivity contribution is 5.99. The molecule has 3 atom stereocenters. The summed E-state index contributed by atoms with van der Waals surface area (Å²) < 4.78 is 11.6. The summed E-state index contributed by atoms with van der Waals surface area (Å²) in [4.78, 5) is 27.2. The second-order valence-electron chi connectivity index (χ2n) is 8.39. The summed E-state index contributed by atoms with van der Waals surface area (Å²) >= 11 is 0. The molecular weight excluding hydrogens is 370 g/mol. The van der Waals surface area contributed by atoms with E-state index in [9.17, 15) is 9.59 Å². The predicted octanol–water partition coefficient (Wildman–Crippen LogP) is 2.52. The topological polar surface area (TPSA) is 79.9 Å². The molecule has 0 spiro atoms. The van der Waals surface area contributed by atoms with Crippen LogP contribution < -0.4 is 15.4 Å². The van der Waals surface area contributed by atoms with Gasteiger partial charge in [0, 0.05) is 44.9 Å². The Hall–Kier alpha value is -2.12. The smallest absolute Gasteiger partial charge is 0.257 e. The summed E-state index contributed by atoms with van der Waals surface area (Å²) in [5.74, 6) is 0.734. The van der Waals surface area contributed by atoms with Gasteiger partial charge in [0.1, 0.15) is 12.4 Å². The maximum Gasteiger partial charge on any atom is 0.257 e. The number of fused-ring (bicyclic) bond motifs is 1. The lowest BCUT2D eigenvalue weighted by Gasteiger charge is -2.30. The van der Waals surface area contributed by atoms with Gasteiger partial charge < -0.3 is 25.0 Å². The zero-order valence-corrected chi connectivity index (χ0v) is 17.9. The van der Waals surface area contributed by atoms with Gasteiger partial charge in [-0.2, -0.15) is 0 Å². The van der Waals surface area contributed by atoms with Gasteiger partial charge in [0.15, 0.2) is 0 Å². The van der Waals surface area contributed by atoms with Crippen LogP contribution in [0.15, 0.2) is 18.2 Å². The van der Waals surface area contributed by atoms with Crippen molar-refractivity contribution in [1.82, 2.24) is 10.2 Å². The minimum Gasteiger partial charge on any atom is -0.491 e. The zero-order chi connectivity index (χ0) is 21.0. The first kappa shape index (κ1) is 21.6. The number of carbonyl (C=O) groups excluding carboxylic acids is 2. The molecule has 1 heterocycles. The van der Waals surface area contributed by atoms with Crippen molar-refractivity contribution in [3.05, 3.63) is 23.8 Å². The number of hydrogen-bond acceptors (Lipinski definition) is 5. The standard InChI is InChI=1S/C22H33N3O4/c1-14-11-23-15(2)13-29-19-9-8-17(24-21(26)16-6-5-7-16)10-18(19)22(27)25(3)12-20(14)28-4/h8-10,14-16,20,23H,5-7,11-13H2,1-4H3,(H,24,26)/t14-,15-,20-/m0/s1. The molecule has 2 amide bonds. The number of anilines is 1. The lowest BCUT2D eigenvalue weighted by atomic mass is 9.85. The highest BCUT2D eigenvalue weighted by atomic mass is 16.5. The van der Waals surface area contributed by atoms with Gasteiger partial charge in [-0.25, -0.2) is 0 Å². The third-order valence-electron chi connectivity index (χ3n) is 5.97. The highest BCUT2D eigenvalue weighted by Gasteiger charge is 2.27. The molecule has 29 heavy (non-hydrogen) atoms. The molecule has 160 valence electrons. The third kappa shape index (κ3) is 5.28. The number of rotatable bonds is 3. The zero-order valence-electron chi connectivity index (χ0n) is 17.9. The van der Waals surface area contributed by atoms with E-state index in [4.69, 9.17) is 9.47 Å². The van der Waals surface area contributed by atoms with E-state index in [0.717, 1.165) is 25.8 Å². The average Bonchev–Trinajstić information content (AvgIpc) is 2.66. The fraction of sp³-hybridized carbons (Fsp3) is 0.636. The monoisotopic (exact) mass is 403 g/mol. The van der Waals surface area contributed by atoms with Gasteiger partial charge in [-0.1, -0.05) is 13.3 Å². The number of benzene rings is 1. The molecule has 3 rings (SSSR count). The first-order chi connectivity index (χ1) is 13.9. The van der Waals surface area contributed by atoms with E-state index in [1.165, 1.54) is 0 Å². The number of carbonyl (C=O) groups is 2. The van der Waals surface area contributed by atoms with Crippen LogP contribution in [0.25, 0.3) is 0 Å². The Morgan fingerprint density at radius 3 is 2.72 bits per heavy atom. The van der Waals surface area contributed by atoms with Crippen LogP contribution in [0.1, 0.15) is 43.5 Å². The summed E-state index contributed by atoms with van der Waals surface area (Å²) in [5.41, 5.74) is 1.08. The number of amides is 2. The molecule has 1 aromatic rings. The van der Waals surface area contributed by atoms with Gasteiger partial charge in [0.2, 0.25) is 5.91 Å². The Morgan fingerprint density at radius 1 is 1.31 bits per heavy atom. The maximum absolute atomic E-state index is 13.2. The van der Waals surface area contributed by atoms with Gasteiger partial charge in [-0.3, -0.25) is 9.59 Å². The van der Waals surface area contributed by atoms with Crippen molar-refractivity contribution in [2.75, 3.05) is 39.2 Å². The number of likely N-dealkylation sites (N-methyl/N-ethyl adjacent to an activating group) is 1. The van der Waals surface area contributed by atoms with E-state index >= 15 is 0 Å². The van der Waals surface area contributed by atoms with E-state index in [1.54, 1.807) is 37.3 Å². The summed E-state index contributed by atoms with van der Waals surface area (Å²) in [6.45, 7) is 5.87. The minimum atomic E-state index is -0.143. The molecule has 2 N–H and O–H groups in total. The molecule has 1 fully saturated rings. The molecular formula is C22H33N3O4. The molecule has 7 heteroatoms. The van der Waals surface area contributed by atoms with Crippen LogP contribution in [0.4, 0.5) is 5.69 Å². The number of hydrogen-bond donors (Lipinski definition) is 2. The lowest BCUT2D eigenvalue weighted by molar-refractivity contribution is -0.122. The second kappa shape index (κ2) is 9.59. The molecule has 2 aliphatic rings. The van der Waals surface area contributed by atoms with Gasteiger partial charge in [-0.15, -0.1) is 0 Å². The number of nitrogens with one attached hydrogen (secondary N) is 2. The first-order valence-electron chi connectivity index (χ1n) is 10.5. The van der Waals surface area contributed by atoms with Gasteiger partial charge in [0.05, 0.1) is 11.7 Å². The van der Waals surface area contributed by atoms with Crippen LogP contribution in [-0.2, 0) is 9.53 Å². The van der Waals surface area contributed by atoms with Crippen LogP contribution in [0.5, 0.6) is 5.75 Å². The predicted molar refractivity (Wildman–Crippen MR) is 112 cm³/mol. The SMILES string of the molecule is CO[C@H]1CN(C)C(=O)c2cc(NC(=O)C3CCC3)ccc2OC[C@H](C)NC[C@@H]1C. The van der Waals surface area contributed by atoms with Crippen molar-refractivity contribution in [2.45, 2.75) is 45.3 Å². The first-order valence-corrected chi connectivity index (χ1v) is 10.5. The molecule has 1 aromatic carbocycles. The number of ether oxygens (including phenoxy) is 2. The fourth-order valence-electron chi connectivity index (χ4n) is 3.65. The molecule has 1 aliphatic heterocycles. The number of methoxy groups -OCH3 is 1. The Bertz CT molecular complexity index is 735. The summed E-state index contributed by atoms with van der Waals surface area (Å²) in [6.07, 6.45) is 2.89. The molecule has 0 radical (unpaired) electrons. The van der Waals surface area contributed by atoms with Crippen molar-refractivity contribution >= 4 is 17.5 Å². The third-order valence-corrected chi connectivity index (χ3v) is 5.97. The van der Waals surface area contributed by atoms with Gasteiger partial charge >= 0.3 is 0 Å². The van der Waals surface area contributed by atoms with Crippen LogP contribution in [-0.4, -0.2) is 62.7 Å². The Kier molecular flexibility index (Phi) is 7.14. The molecule has 0 unspecified atom stereocenters. The molecule has 7 nitrogen and oxygen atoms in total. The molecule has 0 bridgehead atoms. The fourth-order valence-corrected chi connectivity index (χ4v) is 3.65. The normalized spacial score (nSPS) is 26.4. The van der Waals surface area contributed by atoms with Gasteiger partial charge in [-0.05, 0) is 43.9 Å². The summed E-state index contributed by atoms with van der Waals surface area (Å²) in [7, 11) is 3.45. The largest absolute Gasteiger partial charge is 0.491 e. The molecule has 1 saturated carbocycles. The molecule has 1 aliphatic carbocycles. The van der Waals surface area contributed by atoms with Crippen LogP contribution in [0.2, 0.25) is 0 Å². The minimum absolute atomic E-state index is 0.0252. The lowest BCUT2D eigenvalue weighted by Crippen LogP contribution is -2.44. The highest BCUT2D eigenvalue weighted by Crippen LogP contribution is 2.29. The van der Waals surface area contributed by atoms with Gasteiger partial charge in [0.25, 0.3) is 5.91 Å². The van der Waals surface area contributed by atoms with Crippen LogP contribution in [0, 0.1) is 11.8 Å². The van der Waals surface area contributed by atoms with Crippen molar-refractivity contribution in [1.29, 1.82) is 0 Å². The van der Waals surface area contributed by atoms with E-state index in [-0.39, 0.29) is 35.8 Å². The summed E-state index contributed by atoms with van der Waals surface area (Å²) in [6, 6.07) is 5.42.